The molecule has 1 heterocycles. The predicted octanol–water partition coefficient (Wildman–Crippen LogP) is 7.31. The first-order valence-electron chi connectivity index (χ1n) is 17.2. The van der Waals surface area contributed by atoms with Crippen LogP contribution in [0.4, 0.5) is 0 Å². The van der Waals surface area contributed by atoms with Gasteiger partial charge in [0.1, 0.15) is 0 Å². The number of aromatic nitrogens is 1. The van der Waals surface area contributed by atoms with Gasteiger partial charge in [0.05, 0.1) is 4.90 Å². The van der Waals surface area contributed by atoms with Crippen LogP contribution in [0.15, 0.2) is 113 Å². The van der Waals surface area contributed by atoms with Gasteiger partial charge in [0.15, 0.2) is 5.78 Å². The number of aryl methyl sites for hydroxylation is 1. The van der Waals surface area contributed by atoms with Gasteiger partial charge >= 0.3 is 0 Å². The number of rotatable bonds is 14. The predicted molar refractivity (Wildman–Crippen MR) is 201 cm³/mol. The third-order valence-electron chi connectivity index (χ3n) is 9.45. The second-order valence-electron chi connectivity index (χ2n) is 13.1. The van der Waals surface area contributed by atoms with Crippen LogP contribution in [-0.4, -0.2) is 41.9 Å². The van der Waals surface area contributed by atoms with E-state index in [9.17, 15) is 18.0 Å². The maximum atomic E-state index is 13.4. The number of sulfonamides is 1. The van der Waals surface area contributed by atoms with E-state index in [1.54, 1.807) is 23.9 Å². The van der Waals surface area contributed by atoms with Gasteiger partial charge in [-0.25, -0.2) is 13.6 Å². The van der Waals surface area contributed by atoms with Crippen molar-refractivity contribution in [1.82, 2.24) is 14.8 Å². The fourth-order valence-electron chi connectivity index (χ4n) is 6.69. The number of ketones is 1. The van der Waals surface area contributed by atoms with Crippen molar-refractivity contribution >= 4 is 44.4 Å². The zero-order valence-electron chi connectivity index (χ0n) is 28.4. The van der Waals surface area contributed by atoms with Crippen LogP contribution in [0.5, 0.6) is 0 Å². The third-order valence-corrected chi connectivity index (χ3v) is 11.4. The second-order valence-corrected chi connectivity index (χ2v) is 15.9. The first-order valence-corrected chi connectivity index (χ1v) is 19.7. The summed E-state index contributed by atoms with van der Waals surface area (Å²) in [5.74, 6) is 0.987. The lowest BCUT2D eigenvalue weighted by Crippen LogP contribution is -2.25. The molecule has 260 valence electrons. The number of carbonyl (C=O) groups is 2. The largest absolute Gasteiger partial charge is 0.350 e. The number of nitrogens with zero attached hydrogens (tertiary/aromatic N) is 2. The van der Waals surface area contributed by atoms with E-state index in [4.69, 9.17) is 5.14 Å². The van der Waals surface area contributed by atoms with Crippen molar-refractivity contribution in [2.75, 3.05) is 12.3 Å². The van der Waals surface area contributed by atoms with Crippen molar-refractivity contribution in [3.05, 3.63) is 131 Å². The van der Waals surface area contributed by atoms with Crippen molar-refractivity contribution < 1.29 is 18.0 Å². The first-order chi connectivity index (χ1) is 24.1. The highest BCUT2D eigenvalue weighted by Gasteiger charge is 2.25. The van der Waals surface area contributed by atoms with Crippen LogP contribution in [0, 0.1) is 5.92 Å². The average Bonchev–Trinajstić information content (AvgIpc) is 3.46. The van der Waals surface area contributed by atoms with E-state index in [0.717, 1.165) is 65.6 Å². The maximum absolute atomic E-state index is 13.4. The molecule has 1 amide bonds. The first kappa shape index (κ1) is 35.6. The fourth-order valence-corrected chi connectivity index (χ4v) is 8.14. The molecule has 1 aromatic heterocycles. The van der Waals surface area contributed by atoms with Crippen molar-refractivity contribution in [2.45, 2.75) is 61.5 Å². The molecule has 0 radical (unpaired) electrons. The van der Waals surface area contributed by atoms with E-state index in [2.05, 4.69) is 34.5 Å². The molecule has 1 fully saturated rings. The van der Waals surface area contributed by atoms with Gasteiger partial charge in [-0.2, -0.15) is 0 Å². The van der Waals surface area contributed by atoms with Gasteiger partial charge < -0.3 is 9.88 Å². The number of hydrogen-bond acceptors (Lipinski definition) is 6. The quantitative estimate of drug-likeness (QED) is 0.0924. The molecular weight excluding hydrogens is 665 g/mol. The highest BCUT2D eigenvalue weighted by Crippen LogP contribution is 2.31. The second kappa shape index (κ2) is 16.2. The molecule has 5 aromatic rings. The molecule has 0 atom stereocenters. The van der Waals surface area contributed by atoms with Crippen molar-refractivity contribution in [2.24, 2.45) is 18.1 Å². The summed E-state index contributed by atoms with van der Waals surface area (Å²) < 4.78 is 25.4. The lowest BCUT2D eigenvalue weighted by Gasteiger charge is -2.23. The van der Waals surface area contributed by atoms with Crippen LogP contribution in [0.1, 0.15) is 69.5 Å². The lowest BCUT2D eigenvalue weighted by atomic mass is 9.84. The SMILES string of the molecule is Cn1cc(C(=O)C2CCCCC2)c2cc(C(=O)NCc3ccc(CN(CCSc4ccccc4)Cc4ccc(S(N)(=O)=O)cc4)cc3)ccc21. The number of Topliss-reactive ketones (excluding diaryl/α,β-unsaturated/α-hetero) is 1. The molecule has 0 aliphatic heterocycles. The number of nitrogens with two attached hydrogens (primary N) is 1. The van der Waals surface area contributed by atoms with Crippen LogP contribution >= 0.6 is 11.8 Å². The van der Waals surface area contributed by atoms with Crippen molar-refractivity contribution in [1.29, 1.82) is 0 Å². The van der Waals surface area contributed by atoms with Crippen molar-refractivity contribution in [3.63, 3.8) is 0 Å². The Kier molecular flexibility index (Phi) is 11.5. The van der Waals surface area contributed by atoms with Crippen LogP contribution in [0.2, 0.25) is 0 Å². The van der Waals surface area contributed by atoms with Gasteiger partial charge in [-0.05, 0) is 72.0 Å². The minimum atomic E-state index is -3.75. The monoisotopic (exact) mass is 708 g/mol. The smallest absolute Gasteiger partial charge is 0.251 e. The standard InChI is InChI=1S/C40H44N4O4S2/c1-43-28-37(39(45)32-8-4-2-5-9-32)36-24-33(18-21-38(36)43)40(46)42-25-29-12-14-30(15-13-29)26-44(22-23-49-34-10-6-3-7-11-34)27-31-16-19-35(20-17-31)50(41,47)48/h3,6-7,10-21,24,28,32H,2,4-5,8-9,22-23,25-27H2,1H3,(H,42,46)(H2,41,47,48). The zero-order valence-corrected chi connectivity index (χ0v) is 30.0. The van der Waals surface area contributed by atoms with Gasteiger partial charge in [0.2, 0.25) is 10.0 Å². The molecule has 6 rings (SSSR count). The van der Waals surface area contributed by atoms with Gasteiger partial charge in [-0.1, -0.05) is 73.9 Å². The normalized spacial score (nSPS) is 13.9. The minimum Gasteiger partial charge on any atom is -0.350 e. The molecule has 1 saturated carbocycles. The van der Waals surface area contributed by atoms with Gasteiger partial charge in [-0.15, -0.1) is 11.8 Å². The fraction of sp³-hybridized carbons (Fsp3) is 0.300. The number of benzene rings is 4. The van der Waals surface area contributed by atoms with E-state index in [0.29, 0.717) is 30.8 Å². The van der Waals surface area contributed by atoms with E-state index in [1.807, 2.05) is 78.5 Å². The number of nitrogens with one attached hydrogen (secondary N) is 1. The minimum absolute atomic E-state index is 0.0686. The molecule has 3 N–H and O–H groups in total. The molecule has 0 spiro atoms. The molecular formula is C40H44N4O4S2. The Hall–Kier alpha value is -4.22. The highest BCUT2D eigenvalue weighted by atomic mass is 32.2. The molecule has 50 heavy (non-hydrogen) atoms. The number of carbonyl (C=O) groups excluding carboxylic acids is 2. The van der Waals surface area contributed by atoms with Crippen LogP contribution in [0.3, 0.4) is 0 Å². The summed E-state index contributed by atoms with van der Waals surface area (Å²) in [7, 11) is -1.80. The molecule has 10 heteroatoms. The Labute approximate surface area is 299 Å². The number of amides is 1. The average molecular weight is 709 g/mol. The molecule has 8 nitrogen and oxygen atoms in total. The van der Waals surface area contributed by atoms with E-state index in [1.165, 1.54) is 11.3 Å². The summed E-state index contributed by atoms with van der Waals surface area (Å²) >= 11 is 1.80. The zero-order chi connectivity index (χ0) is 35.1. The Morgan fingerprint density at radius 3 is 2.16 bits per heavy atom. The highest BCUT2D eigenvalue weighted by molar-refractivity contribution is 7.99. The molecule has 0 saturated heterocycles. The molecule has 4 aromatic carbocycles. The summed E-state index contributed by atoms with van der Waals surface area (Å²) in [6.07, 6.45) is 7.19. The summed E-state index contributed by atoms with van der Waals surface area (Å²) in [4.78, 5) is 30.3. The van der Waals surface area contributed by atoms with Crippen LogP contribution in [-0.2, 0) is 36.7 Å². The Balaban J connectivity index is 1.09. The topological polar surface area (TPSA) is 114 Å². The van der Waals surface area contributed by atoms with Gasteiger partial charge in [0, 0.05) is 78.0 Å². The lowest BCUT2D eigenvalue weighted by molar-refractivity contribution is 0.0889. The molecule has 1 aliphatic carbocycles. The Morgan fingerprint density at radius 1 is 0.860 bits per heavy atom. The van der Waals surface area contributed by atoms with Crippen molar-refractivity contribution in [3.8, 4) is 0 Å². The number of fused-ring (bicyclic) bond motifs is 1. The summed E-state index contributed by atoms with van der Waals surface area (Å²) in [5.41, 5.74) is 5.33. The van der Waals surface area contributed by atoms with Crippen LogP contribution in [0.25, 0.3) is 10.9 Å². The Bertz CT molecular complexity index is 2040. The Morgan fingerprint density at radius 2 is 1.50 bits per heavy atom. The summed E-state index contributed by atoms with van der Waals surface area (Å²) in [6, 6.07) is 30.9. The molecule has 0 bridgehead atoms. The maximum Gasteiger partial charge on any atom is 0.251 e. The third kappa shape index (κ3) is 9.11. The van der Waals surface area contributed by atoms with Gasteiger partial charge in [-0.3, -0.25) is 14.5 Å². The van der Waals surface area contributed by atoms with Gasteiger partial charge in [0.25, 0.3) is 5.91 Å². The number of hydrogen-bond donors (Lipinski definition) is 2. The van der Waals surface area contributed by atoms with E-state index < -0.39 is 10.0 Å². The molecule has 0 unspecified atom stereocenters. The number of primary sulfonamides is 1. The van der Waals surface area contributed by atoms with Crippen LogP contribution < -0.4 is 10.5 Å². The molecule has 1 aliphatic rings. The number of thioether (sulfide) groups is 1. The van der Waals surface area contributed by atoms with E-state index >= 15 is 0 Å². The summed E-state index contributed by atoms with van der Waals surface area (Å²) in [6.45, 7) is 2.57. The summed E-state index contributed by atoms with van der Waals surface area (Å²) in [5, 5.41) is 9.19. The van der Waals surface area contributed by atoms with E-state index in [-0.39, 0.29) is 22.5 Å².